The molecule has 0 N–H and O–H groups in total. The Labute approximate surface area is 150 Å². The Morgan fingerprint density at radius 1 is 1.20 bits per heavy atom. The normalized spacial score (nSPS) is 28.2. The first-order valence-corrected chi connectivity index (χ1v) is 9.41. The van der Waals surface area contributed by atoms with Gasteiger partial charge in [0, 0.05) is 25.7 Å². The summed E-state index contributed by atoms with van der Waals surface area (Å²) in [6, 6.07) is 10.3. The number of hydrogen-bond acceptors (Lipinski definition) is 5. The van der Waals surface area contributed by atoms with Gasteiger partial charge < -0.3 is 9.47 Å². The topological polar surface area (TPSA) is 42.0 Å². The SMILES string of the molecule is C[C@@H]1CN(C[C@@H]2CCCN2CC(=O)OCc2ccccc2)C[C@@H](C)O1. The van der Waals surface area contributed by atoms with Crippen molar-refractivity contribution in [3.05, 3.63) is 35.9 Å². The van der Waals surface area contributed by atoms with E-state index in [1.54, 1.807) is 0 Å². The number of carbonyl (C=O) groups excluding carboxylic acids is 1. The van der Waals surface area contributed by atoms with Gasteiger partial charge in [-0.2, -0.15) is 0 Å². The Hall–Kier alpha value is -1.43. The van der Waals surface area contributed by atoms with Crippen LogP contribution < -0.4 is 0 Å². The minimum atomic E-state index is -0.125. The number of hydrogen-bond donors (Lipinski definition) is 0. The molecule has 0 unspecified atom stereocenters. The van der Waals surface area contributed by atoms with Crippen LogP contribution in [-0.4, -0.2) is 66.7 Å². The number of likely N-dealkylation sites (tertiary alicyclic amines) is 1. The monoisotopic (exact) mass is 346 g/mol. The van der Waals surface area contributed by atoms with Gasteiger partial charge in [0.15, 0.2) is 0 Å². The van der Waals surface area contributed by atoms with E-state index in [-0.39, 0.29) is 18.2 Å². The van der Waals surface area contributed by atoms with Crippen LogP contribution in [0.3, 0.4) is 0 Å². The van der Waals surface area contributed by atoms with Gasteiger partial charge in [-0.15, -0.1) is 0 Å². The van der Waals surface area contributed by atoms with Crippen molar-refractivity contribution >= 4 is 5.97 Å². The molecular weight excluding hydrogens is 316 g/mol. The first-order chi connectivity index (χ1) is 12.1. The van der Waals surface area contributed by atoms with Crippen molar-refractivity contribution in [2.24, 2.45) is 0 Å². The lowest BCUT2D eigenvalue weighted by atomic mass is 10.1. The number of morpholine rings is 1. The molecular formula is C20H30N2O3. The Kier molecular flexibility index (Phi) is 6.45. The average molecular weight is 346 g/mol. The second-order valence-corrected chi connectivity index (χ2v) is 7.39. The third kappa shape index (κ3) is 5.53. The number of ether oxygens (including phenoxy) is 2. The molecule has 2 heterocycles. The molecule has 138 valence electrons. The third-order valence-electron chi connectivity index (χ3n) is 5.04. The third-order valence-corrected chi connectivity index (χ3v) is 5.04. The van der Waals surface area contributed by atoms with Crippen LogP contribution in [0.5, 0.6) is 0 Å². The summed E-state index contributed by atoms with van der Waals surface area (Å²) >= 11 is 0. The molecule has 0 aromatic heterocycles. The van der Waals surface area contributed by atoms with Gasteiger partial charge in [-0.3, -0.25) is 14.6 Å². The molecule has 0 radical (unpaired) electrons. The van der Waals surface area contributed by atoms with Crippen LogP contribution in [0.25, 0.3) is 0 Å². The van der Waals surface area contributed by atoms with E-state index < -0.39 is 0 Å². The van der Waals surface area contributed by atoms with Crippen molar-refractivity contribution in [3.63, 3.8) is 0 Å². The Morgan fingerprint density at radius 3 is 2.64 bits per heavy atom. The van der Waals surface area contributed by atoms with E-state index in [1.807, 2.05) is 30.3 Å². The van der Waals surface area contributed by atoms with Gasteiger partial charge in [0.2, 0.25) is 0 Å². The van der Waals surface area contributed by atoms with E-state index in [4.69, 9.17) is 9.47 Å². The Morgan fingerprint density at radius 2 is 1.92 bits per heavy atom. The van der Waals surface area contributed by atoms with Crippen molar-refractivity contribution in [3.8, 4) is 0 Å². The number of benzene rings is 1. The van der Waals surface area contributed by atoms with Crippen LogP contribution in [0, 0.1) is 0 Å². The van der Waals surface area contributed by atoms with Crippen molar-refractivity contribution in [2.45, 2.75) is 51.5 Å². The highest BCUT2D eigenvalue weighted by atomic mass is 16.5. The van der Waals surface area contributed by atoms with Gasteiger partial charge in [-0.05, 0) is 38.8 Å². The lowest BCUT2D eigenvalue weighted by molar-refractivity contribution is -0.146. The molecule has 5 nitrogen and oxygen atoms in total. The average Bonchev–Trinajstić information content (AvgIpc) is 3.00. The van der Waals surface area contributed by atoms with Crippen LogP contribution in [-0.2, 0) is 20.9 Å². The molecule has 2 fully saturated rings. The van der Waals surface area contributed by atoms with E-state index in [0.717, 1.165) is 44.6 Å². The van der Waals surface area contributed by atoms with E-state index in [0.29, 0.717) is 19.2 Å². The zero-order valence-corrected chi connectivity index (χ0v) is 15.4. The molecule has 0 saturated carbocycles. The Balaban J connectivity index is 1.45. The smallest absolute Gasteiger partial charge is 0.320 e. The highest BCUT2D eigenvalue weighted by Crippen LogP contribution is 2.20. The molecule has 0 aliphatic carbocycles. The first kappa shape index (κ1) is 18.4. The van der Waals surface area contributed by atoms with Crippen LogP contribution in [0.2, 0.25) is 0 Å². The number of rotatable bonds is 6. The quantitative estimate of drug-likeness (QED) is 0.740. The molecule has 2 saturated heterocycles. The highest BCUT2D eigenvalue weighted by molar-refractivity contribution is 5.71. The number of carbonyl (C=O) groups is 1. The van der Waals surface area contributed by atoms with Gasteiger partial charge in [-0.1, -0.05) is 30.3 Å². The van der Waals surface area contributed by atoms with Crippen molar-refractivity contribution in [2.75, 3.05) is 32.7 Å². The molecule has 5 heteroatoms. The minimum absolute atomic E-state index is 0.125. The van der Waals surface area contributed by atoms with E-state index in [9.17, 15) is 4.79 Å². The maximum absolute atomic E-state index is 12.2. The number of nitrogens with zero attached hydrogens (tertiary/aromatic N) is 2. The van der Waals surface area contributed by atoms with Crippen LogP contribution in [0.4, 0.5) is 0 Å². The molecule has 0 bridgehead atoms. The van der Waals surface area contributed by atoms with Crippen molar-refractivity contribution in [1.82, 2.24) is 9.80 Å². The molecule has 2 aliphatic rings. The summed E-state index contributed by atoms with van der Waals surface area (Å²) in [7, 11) is 0. The second kappa shape index (κ2) is 8.79. The standard InChI is InChI=1S/C20H30N2O3/c1-16-11-21(12-17(2)25-16)13-19-9-6-10-22(19)14-20(23)24-15-18-7-4-3-5-8-18/h3-5,7-8,16-17,19H,6,9-15H2,1-2H3/t16-,17-,19+/m1/s1. The van der Waals surface area contributed by atoms with Crippen molar-refractivity contribution < 1.29 is 14.3 Å². The predicted octanol–water partition coefficient (Wildman–Crippen LogP) is 2.30. The summed E-state index contributed by atoms with van der Waals surface area (Å²) in [4.78, 5) is 17.0. The highest BCUT2D eigenvalue weighted by Gasteiger charge is 2.31. The van der Waals surface area contributed by atoms with E-state index in [2.05, 4.69) is 23.6 Å². The largest absolute Gasteiger partial charge is 0.460 e. The molecule has 25 heavy (non-hydrogen) atoms. The maximum Gasteiger partial charge on any atom is 0.320 e. The number of esters is 1. The fourth-order valence-electron chi connectivity index (χ4n) is 3.99. The van der Waals surface area contributed by atoms with Gasteiger partial charge in [0.25, 0.3) is 0 Å². The minimum Gasteiger partial charge on any atom is -0.460 e. The molecule has 3 atom stereocenters. The zero-order chi connectivity index (χ0) is 17.6. The molecule has 2 aliphatic heterocycles. The van der Waals surface area contributed by atoms with E-state index >= 15 is 0 Å². The molecule has 1 aromatic rings. The Bertz CT molecular complexity index is 541. The van der Waals surface area contributed by atoms with Gasteiger partial charge in [0.1, 0.15) is 6.61 Å². The fourth-order valence-corrected chi connectivity index (χ4v) is 3.99. The maximum atomic E-state index is 12.2. The molecule has 1 aromatic carbocycles. The zero-order valence-electron chi connectivity index (χ0n) is 15.4. The first-order valence-electron chi connectivity index (χ1n) is 9.41. The molecule has 3 rings (SSSR count). The van der Waals surface area contributed by atoms with Crippen LogP contribution >= 0.6 is 0 Å². The second-order valence-electron chi connectivity index (χ2n) is 7.39. The molecule has 0 spiro atoms. The summed E-state index contributed by atoms with van der Waals surface area (Å²) in [6.07, 6.45) is 2.89. The predicted molar refractivity (Wildman–Crippen MR) is 97.3 cm³/mol. The lowest BCUT2D eigenvalue weighted by Gasteiger charge is -2.38. The van der Waals surface area contributed by atoms with Gasteiger partial charge in [-0.25, -0.2) is 0 Å². The summed E-state index contributed by atoms with van der Waals surface area (Å²) < 4.78 is 11.3. The van der Waals surface area contributed by atoms with Crippen molar-refractivity contribution in [1.29, 1.82) is 0 Å². The van der Waals surface area contributed by atoms with Crippen LogP contribution in [0.1, 0.15) is 32.3 Å². The fraction of sp³-hybridized carbons (Fsp3) is 0.650. The van der Waals surface area contributed by atoms with Gasteiger partial charge in [0.05, 0.1) is 18.8 Å². The lowest BCUT2D eigenvalue weighted by Crippen LogP contribution is -2.50. The molecule has 0 amide bonds. The summed E-state index contributed by atoms with van der Waals surface area (Å²) in [5, 5.41) is 0. The van der Waals surface area contributed by atoms with E-state index in [1.165, 1.54) is 0 Å². The summed E-state index contributed by atoms with van der Waals surface area (Å²) in [6.45, 7) is 8.99. The van der Waals surface area contributed by atoms with Crippen LogP contribution in [0.15, 0.2) is 30.3 Å². The summed E-state index contributed by atoms with van der Waals surface area (Å²) in [5.41, 5.74) is 1.03. The summed E-state index contributed by atoms with van der Waals surface area (Å²) in [5.74, 6) is -0.125. The van der Waals surface area contributed by atoms with Gasteiger partial charge >= 0.3 is 5.97 Å².